The smallest absolute Gasteiger partial charge is 0.311 e. The van der Waals surface area contributed by atoms with Crippen molar-refractivity contribution < 1.29 is 19.1 Å². The zero-order chi connectivity index (χ0) is 28.3. The molecule has 9 heteroatoms. The van der Waals surface area contributed by atoms with Gasteiger partial charge in [-0.05, 0) is 92.6 Å². The summed E-state index contributed by atoms with van der Waals surface area (Å²) in [6.45, 7) is 6.32. The molecule has 0 aliphatic heterocycles. The maximum atomic E-state index is 12.9. The number of hydrazine groups is 1. The number of azo groups is 1. The summed E-state index contributed by atoms with van der Waals surface area (Å²) in [5.41, 5.74) is 2.16. The number of benzene rings is 3. The largest absolute Gasteiger partial charge is 0.490 e. The number of carbonyl (C=O) groups excluding carboxylic acids is 2. The summed E-state index contributed by atoms with van der Waals surface area (Å²) in [4.78, 5) is 25.2. The maximum Gasteiger partial charge on any atom is 0.311 e. The number of nitriles is 1. The number of hydrogen-bond acceptors (Lipinski definition) is 8. The molecule has 202 valence electrons. The van der Waals surface area contributed by atoms with Crippen molar-refractivity contribution in [1.82, 2.24) is 0 Å². The third kappa shape index (κ3) is 7.97. The average molecular weight is 528 g/mol. The third-order valence-corrected chi connectivity index (χ3v) is 6.39. The molecule has 0 spiro atoms. The van der Waals surface area contributed by atoms with Gasteiger partial charge in [-0.2, -0.15) is 15.5 Å². The first kappa shape index (κ1) is 29.0. The van der Waals surface area contributed by atoms with Gasteiger partial charge in [0.15, 0.2) is 0 Å². The normalized spacial score (nSPS) is 12.4. The molecule has 0 fully saturated rings. The van der Waals surface area contributed by atoms with E-state index in [1.54, 1.807) is 72.8 Å². The van der Waals surface area contributed by atoms with Crippen LogP contribution in [-0.2, 0) is 9.53 Å². The van der Waals surface area contributed by atoms with Gasteiger partial charge < -0.3 is 9.47 Å². The Bertz CT molecular complexity index is 1320. The molecule has 0 heterocycles. The molecule has 3 rings (SSSR count). The molecule has 0 saturated carbocycles. The van der Waals surface area contributed by atoms with E-state index in [1.165, 1.54) is 0 Å². The first-order valence-corrected chi connectivity index (χ1v) is 12.8. The van der Waals surface area contributed by atoms with E-state index in [-0.39, 0.29) is 19.2 Å². The van der Waals surface area contributed by atoms with Crippen molar-refractivity contribution >= 4 is 28.9 Å². The highest BCUT2D eigenvalue weighted by atomic mass is 16.6. The van der Waals surface area contributed by atoms with Gasteiger partial charge >= 0.3 is 5.97 Å². The topological polar surface area (TPSA) is 130 Å². The molecule has 1 unspecified atom stereocenters. The van der Waals surface area contributed by atoms with Gasteiger partial charge in [0.2, 0.25) is 0 Å². The van der Waals surface area contributed by atoms with Gasteiger partial charge in [-0.3, -0.25) is 9.59 Å². The molecule has 39 heavy (non-hydrogen) atoms. The van der Waals surface area contributed by atoms with Crippen LogP contribution in [0, 0.1) is 16.7 Å². The van der Waals surface area contributed by atoms with Crippen LogP contribution in [-0.4, -0.2) is 25.1 Å². The van der Waals surface area contributed by atoms with E-state index in [2.05, 4.69) is 16.3 Å². The number of esters is 1. The van der Waals surface area contributed by atoms with E-state index >= 15 is 0 Å². The minimum absolute atomic E-state index is 0.151. The first-order valence-electron chi connectivity index (χ1n) is 12.8. The molecule has 0 aliphatic rings. The lowest BCUT2D eigenvalue weighted by Crippen LogP contribution is -2.37. The number of amides is 1. The zero-order valence-electron chi connectivity index (χ0n) is 22.5. The monoisotopic (exact) mass is 527 g/mol. The molecular weight excluding hydrogens is 494 g/mol. The van der Waals surface area contributed by atoms with Gasteiger partial charge in [0, 0.05) is 5.56 Å². The number of ether oxygens (including phenoxy) is 2. The molecule has 9 nitrogen and oxygen atoms in total. The van der Waals surface area contributed by atoms with E-state index in [4.69, 9.17) is 20.6 Å². The summed E-state index contributed by atoms with van der Waals surface area (Å²) >= 11 is 0. The number of rotatable bonds is 12. The number of hydrogen-bond donors (Lipinski definition) is 1. The van der Waals surface area contributed by atoms with E-state index in [0.29, 0.717) is 33.9 Å². The van der Waals surface area contributed by atoms with Crippen molar-refractivity contribution in [2.24, 2.45) is 21.5 Å². The van der Waals surface area contributed by atoms with Crippen LogP contribution < -0.4 is 15.6 Å². The lowest BCUT2D eigenvalue weighted by atomic mass is 9.83. The second-order valence-electron chi connectivity index (χ2n) is 9.22. The predicted molar refractivity (Wildman–Crippen MR) is 149 cm³/mol. The highest BCUT2D eigenvalue weighted by Gasteiger charge is 2.31. The Balaban J connectivity index is 1.51. The molecule has 0 aromatic heterocycles. The van der Waals surface area contributed by atoms with E-state index in [9.17, 15) is 9.59 Å². The Hall–Kier alpha value is -4.55. The summed E-state index contributed by atoms with van der Waals surface area (Å²) in [5.74, 6) is 6.02. The van der Waals surface area contributed by atoms with Crippen molar-refractivity contribution in [1.29, 1.82) is 5.26 Å². The van der Waals surface area contributed by atoms with Crippen LogP contribution in [0.25, 0.3) is 0 Å². The number of nitrogens with two attached hydrogens (primary N) is 1. The predicted octanol–water partition coefficient (Wildman–Crippen LogP) is 6.63. The lowest BCUT2D eigenvalue weighted by molar-refractivity contribution is -0.156. The van der Waals surface area contributed by atoms with Crippen molar-refractivity contribution in [2.45, 2.75) is 40.0 Å². The number of anilines is 1. The Kier molecular flexibility index (Phi) is 10.3. The van der Waals surface area contributed by atoms with E-state index < -0.39 is 11.3 Å². The fourth-order valence-corrected chi connectivity index (χ4v) is 3.79. The minimum Gasteiger partial charge on any atom is -0.490 e. The standard InChI is InChI=1S/C30H33N5O4/c1-4-18-30(3,5-2)29(37)39-20-19-38-27-16-8-23(9-17-27)28(36)35(32)26-14-12-25(13-15-26)34-33-24-10-6-22(21-31)7-11-24/h6-17H,4-5,18-20,32H2,1-3H3. The molecule has 1 amide bonds. The number of nitrogens with zero attached hydrogens (tertiary/aromatic N) is 4. The van der Waals surface area contributed by atoms with Crippen LogP contribution in [0.1, 0.15) is 56.0 Å². The molecule has 1 atom stereocenters. The second kappa shape index (κ2) is 13.8. The fraction of sp³-hybridized carbons (Fsp3) is 0.300. The van der Waals surface area contributed by atoms with Crippen LogP contribution in [0.2, 0.25) is 0 Å². The van der Waals surface area contributed by atoms with Crippen molar-refractivity contribution in [3.8, 4) is 11.8 Å². The van der Waals surface area contributed by atoms with Crippen molar-refractivity contribution in [2.75, 3.05) is 18.2 Å². The fourth-order valence-electron chi connectivity index (χ4n) is 3.79. The molecule has 2 N–H and O–H groups in total. The SMILES string of the molecule is CCCC(C)(CC)C(=O)OCCOc1ccc(C(=O)N(N)c2ccc(N=Nc3ccc(C#N)cc3)cc2)cc1. The van der Waals surface area contributed by atoms with Crippen LogP contribution in [0.3, 0.4) is 0 Å². The van der Waals surface area contributed by atoms with Gasteiger partial charge in [0.25, 0.3) is 5.91 Å². The van der Waals surface area contributed by atoms with Crippen molar-refractivity contribution in [3.05, 3.63) is 83.9 Å². The van der Waals surface area contributed by atoms with Gasteiger partial charge in [-0.15, -0.1) is 0 Å². The zero-order valence-corrected chi connectivity index (χ0v) is 22.5. The third-order valence-electron chi connectivity index (χ3n) is 6.39. The molecule has 0 aliphatic carbocycles. The van der Waals surface area contributed by atoms with Gasteiger partial charge in [-0.25, -0.2) is 10.9 Å². The van der Waals surface area contributed by atoms with E-state index in [1.807, 2.05) is 20.8 Å². The van der Waals surface area contributed by atoms with Gasteiger partial charge in [-0.1, -0.05) is 20.3 Å². The Morgan fingerprint density at radius 3 is 2.05 bits per heavy atom. The summed E-state index contributed by atoms with van der Waals surface area (Å²) in [6.07, 6.45) is 2.43. The minimum atomic E-state index is -0.471. The van der Waals surface area contributed by atoms with Crippen LogP contribution in [0.15, 0.2) is 83.0 Å². The van der Waals surface area contributed by atoms with Gasteiger partial charge in [0.1, 0.15) is 19.0 Å². The van der Waals surface area contributed by atoms with Gasteiger partial charge in [0.05, 0.1) is 34.1 Å². The first-order chi connectivity index (χ1) is 18.8. The van der Waals surface area contributed by atoms with Crippen LogP contribution in [0.5, 0.6) is 5.75 Å². The summed E-state index contributed by atoms with van der Waals surface area (Å²) < 4.78 is 11.1. The summed E-state index contributed by atoms with van der Waals surface area (Å²) in [7, 11) is 0. The highest BCUT2D eigenvalue weighted by molar-refractivity contribution is 6.05. The summed E-state index contributed by atoms with van der Waals surface area (Å²) in [6, 6.07) is 22.1. The molecule has 0 bridgehead atoms. The highest BCUT2D eigenvalue weighted by Crippen LogP contribution is 2.29. The quantitative estimate of drug-likeness (QED) is 0.0702. The van der Waals surface area contributed by atoms with E-state index in [0.717, 1.165) is 24.3 Å². The lowest BCUT2D eigenvalue weighted by Gasteiger charge is -2.25. The average Bonchev–Trinajstić information content (AvgIpc) is 2.98. The molecule has 0 saturated heterocycles. The van der Waals surface area contributed by atoms with Crippen molar-refractivity contribution in [3.63, 3.8) is 0 Å². The molecule has 3 aromatic carbocycles. The Morgan fingerprint density at radius 1 is 0.923 bits per heavy atom. The molecule has 3 aromatic rings. The second-order valence-corrected chi connectivity index (χ2v) is 9.22. The van der Waals surface area contributed by atoms with Crippen LogP contribution in [0.4, 0.5) is 17.1 Å². The Labute approximate surface area is 228 Å². The molecule has 0 radical (unpaired) electrons. The molecular formula is C30H33N5O4. The maximum absolute atomic E-state index is 12.9. The summed E-state index contributed by atoms with van der Waals surface area (Å²) in [5, 5.41) is 18.2. The number of carbonyl (C=O) groups is 2. The Morgan fingerprint density at radius 2 is 1.51 bits per heavy atom. The van der Waals surface area contributed by atoms with Crippen LogP contribution >= 0.6 is 0 Å².